The maximum absolute atomic E-state index is 5.03. The zero-order chi connectivity index (χ0) is 22.8. The summed E-state index contributed by atoms with van der Waals surface area (Å²) in [4.78, 5) is 0. The van der Waals surface area contributed by atoms with Crippen LogP contribution in [0.1, 0.15) is 103 Å². The predicted octanol–water partition coefficient (Wildman–Crippen LogP) is 8.67. The molecule has 1 N–H and O–H groups in total. The molecule has 1 aromatic rings. The lowest BCUT2D eigenvalue weighted by Crippen LogP contribution is -2.41. The number of aryl methyl sites for hydroxylation is 1. The molecule has 0 saturated heterocycles. The maximum atomic E-state index is 5.03. The molecule has 2 nitrogen and oxygen atoms in total. The molecular formula is C28H49NO. The van der Waals surface area contributed by atoms with Crippen LogP contribution in [0.4, 0.5) is 0 Å². The van der Waals surface area contributed by atoms with E-state index in [9.17, 15) is 0 Å². The second-order valence-electron chi connectivity index (χ2n) is 8.56. The van der Waals surface area contributed by atoms with E-state index in [1.54, 1.807) is 7.11 Å². The molecule has 0 radical (unpaired) electrons. The Morgan fingerprint density at radius 3 is 2.10 bits per heavy atom. The van der Waals surface area contributed by atoms with E-state index in [4.69, 9.17) is 4.74 Å². The number of rotatable bonds is 10. The Bertz CT molecular complexity index is 566. The third-order valence-electron chi connectivity index (χ3n) is 6.14. The first kappa shape index (κ1) is 28.3. The quantitative estimate of drug-likeness (QED) is 0.386. The van der Waals surface area contributed by atoms with Crippen molar-refractivity contribution in [3.8, 4) is 0 Å². The molecule has 1 aliphatic rings. The Morgan fingerprint density at radius 1 is 1.13 bits per heavy atom. The number of nitrogens with one attached hydrogen (secondary N) is 1. The van der Waals surface area contributed by atoms with Crippen molar-refractivity contribution in [1.29, 1.82) is 0 Å². The summed E-state index contributed by atoms with van der Waals surface area (Å²) in [5.41, 5.74) is 2.76. The van der Waals surface area contributed by atoms with E-state index in [0.717, 1.165) is 12.3 Å². The van der Waals surface area contributed by atoms with Gasteiger partial charge in [-0.1, -0.05) is 115 Å². The second-order valence-corrected chi connectivity index (χ2v) is 8.56. The van der Waals surface area contributed by atoms with Gasteiger partial charge < -0.3 is 10.1 Å². The van der Waals surface area contributed by atoms with Crippen LogP contribution in [0.2, 0.25) is 0 Å². The Kier molecular flexibility index (Phi) is 16.1. The molecule has 1 fully saturated rings. The number of hydrogen-bond acceptors (Lipinski definition) is 2. The number of methoxy groups -OCH3 is 1. The molecule has 0 bridgehead atoms. The van der Waals surface area contributed by atoms with Gasteiger partial charge >= 0.3 is 0 Å². The van der Waals surface area contributed by atoms with Crippen LogP contribution in [0, 0.1) is 12.8 Å². The Balaban J connectivity index is 0.000000428. The van der Waals surface area contributed by atoms with Crippen LogP contribution in [0.3, 0.4) is 0 Å². The normalized spacial score (nSPS) is 14.1. The fourth-order valence-corrected chi connectivity index (χ4v) is 4.13. The lowest BCUT2D eigenvalue weighted by molar-refractivity contribution is 0.212. The summed E-state index contributed by atoms with van der Waals surface area (Å²) < 4.78 is 5.03. The number of ether oxygens (including phenoxy) is 1. The van der Waals surface area contributed by atoms with Gasteiger partial charge in [-0.3, -0.25) is 0 Å². The van der Waals surface area contributed by atoms with Crippen LogP contribution >= 0.6 is 0 Å². The van der Waals surface area contributed by atoms with Crippen molar-refractivity contribution in [2.45, 2.75) is 104 Å². The van der Waals surface area contributed by atoms with Gasteiger partial charge in [-0.05, 0) is 44.2 Å². The average molecular weight is 416 g/mol. The van der Waals surface area contributed by atoms with Gasteiger partial charge in [0, 0.05) is 5.54 Å². The van der Waals surface area contributed by atoms with Crippen molar-refractivity contribution < 1.29 is 4.74 Å². The van der Waals surface area contributed by atoms with Crippen molar-refractivity contribution >= 4 is 6.08 Å². The first-order valence-electron chi connectivity index (χ1n) is 12.1. The third kappa shape index (κ3) is 12.1. The molecule has 2 heteroatoms. The molecule has 0 atom stereocenters. The van der Waals surface area contributed by atoms with Gasteiger partial charge in [-0.15, -0.1) is 0 Å². The number of hydrogen-bond donors (Lipinski definition) is 1. The Hall–Kier alpha value is -1.70. The van der Waals surface area contributed by atoms with Crippen LogP contribution in [0.25, 0.3) is 6.08 Å². The van der Waals surface area contributed by atoms with Crippen LogP contribution in [0.15, 0.2) is 43.3 Å². The summed E-state index contributed by atoms with van der Waals surface area (Å²) >= 11 is 0. The molecular weight excluding hydrogens is 366 g/mol. The minimum atomic E-state index is 0.285. The molecule has 0 heterocycles. The van der Waals surface area contributed by atoms with E-state index >= 15 is 0 Å². The fourth-order valence-electron chi connectivity index (χ4n) is 4.13. The summed E-state index contributed by atoms with van der Waals surface area (Å²) in [5, 5.41) is 3.38. The highest BCUT2D eigenvalue weighted by molar-refractivity contribution is 5.47. The maximum Gasteiger partial charge on any atom is 0.179 e. The van der Waals surface area contributed by atoms with Crippen LogP contribution < -0.4 is 5.32 Å². The minimum absolute atomic E-state index is 0.285. The van der Waals surface area contributed by atoms with Crippen LogP contribution in [-0.4, -0.2) is 12.6 Å². The highest BCUT2D eigenvalue weighted by Crippen LogP contribution is 2.32. The zero-order valence-electron chi connectivity index (χ0n) is 20.9. The number of benzene rings is 1. The third-order valence-corrected chi connectivity index (χ3v) is 6.14. The summed E-state index contributed by atoms with van der Waals surface area (Å²) in [5.74, 6) is 1.72. The van der Waals surface area contributed by atoms with E-state index in [2.05, 4.69) is 65.2 Å². The van der Waals surface area contributed by atoms with E-state index in [1.807, 2.05) is 18.2 Å². The SMILES string of the molecule is C=C(NC1(CC)CCCC1)OC.C=Cc1cccc(C)c1.CCCC(CC)CCC. The Labute approximate surface area is 188 Å². The van der Waals surface area contributed by atoms with Crippen molar-refractivity contribution in [1.82, 2.24) is 5.32 Å². The summed E-state index contributed by atoms with van der Waals surface area (Å²) in [7, 11) is 1.66. The van der Waals surface area contributed by atoms with E-state index < -0.39 is 0 Å². The van der Waals surface area contributed by atoms with E-state index in [-0.39, 0.29) is 5.54 Å². The van der Waals surface area contributed by atoms with Gasteiger partial charge in [0.2, 0.25) is 0 Å². The van der Waals surface area contributed by atoms with Crippen molar-refractivity contribution in [3.63, 3.8) is 0 Å². The molecule has 2 rings (SSSR count). The molecule has 0 aromatic heterocycles. The van der Waals surface area contributed by atoms with Crippen molar-refractivity contribution in [2.24, 2.45) is 5.92 Å². The highest BCUT2D eigenvalue weighted by Gasteiger charge is 2.32. The molecule has 0 spiro atoms. The first-order chi connectivity index (χ1) is 14.4. The molecule has 0 amide bonds. The molecule has 0 unspecified atom stereocenters. The van der Waals surface area contributed by atoms with Gasteiger partial charge in [-0.25, -0.2) is 0 Å². The Morgan fingerprint density at radius 2 is 1.73 bits per heavy atom. The zero-order valence-corrected chi connectivity index (χ0v) is 20.9. The van der Waals surface area contributed by atoms with E-state index in [1.165, 1.54) is 68.9 Å². The smallest absolute Gasteiger partial charge is 0.179 e. The van der Waals surface area contributed by atoms with Gasteiger partial charge in [-0.2, -0.15) is 0 Å². The molecule has 1 aliphatic carbocycles. The molecule has 1 aromatic carbocycles. The predicted molar refractivity (Wildman–Crippen MR) is 136 cm³/mol. The molecule has 0 aliphatic heterocycles. The van der Waals surface area contributed by atoms with Gasteiger partial charge in [0.05, 0.1) is 7.11 Å². The summed E-state index contributed by atoms with van der Waals surface area (Å²) in [6.07, 6.45) is 15.2. The lowest BCUT2D eigenvalue weighted by Gasteiger charge is -2.30. The van der Waals surface area contributed by atoms with Gasteiger partial charge in [0.15, 0.2) is 5.88 Å². The minimum Gasteiger partial charge on any atom is -0.483 e. The monoisotopic (exact) mass is 415 g/mol. The van der Waals surface area contributed by atoms with E-state index in [0.29, 0.717) is 5.88 Å². The van der Waals surface area contributed by atoms with Crippen molar-refractivity contribution in [2.75, 3.05) is 7.11 Å². The van der Waals surface area contributed by atoms with Crippen LogP contribution in [0.5, 0.6) is 0 Å². The largest absolute Gasteiger partial charge is 0.483 e. The highest BCUT2D eigenvalue weighted by atomic mass is 16.5. The molecule has 30 heavy (non-hydrogen) atoms. The average Bonchev–Trinajstić information content (AvgIpc) is 3.23. The van der Waals surface area contributed by atoms with Crippen LogP contribution in [-0.2, 0) is 4.74 Å². The standard InChI is InChI=1S/C10H19NO.C9H10.C9H20/c1-4-10(7-5-6-8-10)11-9(2)12-3;1-3-9-6-4-5-8(2)7-9;1-4-7-9(6-3)8-5-2/h11H,2,4-8H2,1,3H3;3-7H,1H2,2H3;9H,4-8H2,1-3H3. The first-order valence-corrected chi connectivity index (χ1v) is 12.1. The summed E-state index contributed by atoms with van der Waals surface area (Å²) in [6.45, 7) is 18.6. The second kappa shape index (κ2) is 17.0. The molecule has 172 valence electrons. The topological polar surface area (TPSA) is 21.3 Å². The van der Waals surface area contributed by atoms with Gasteiger partial charge in [0.25, 0.3) is 0 Å². The summed E-state index contributed by atoms with van der Waals surface area (Å²) in [6, 6.07) is 8.26. The lowest BCUT2D eigenvalue weighted by atomic mass is 9.94. The van der Waals surface area contributed by atoms with Gasteiger partial charge in [0.1, 0.15) is 0 Å². The molecule has 1 saturated carbocycles. The van der Waals surface area contributed by atoms with Crippen molar-refractivity contribution in [3.05, 3.63) is 54.4 Å². The fraction of sp³-hybridized carbons (Fsp3) is 0.643.